The molecule has 0 aliphatic carbocycles. The summed E-state index contributed by atoms with van der Waals surface area (Å²) in [6.45, 7) is 1.76. The summed E-state index contributed by atoms with van der Waals surface area (Å²) in [5.74, 6) is -0.759. The van der Waals surface area contributed by atoms with Crippen LogP contribution in [0.25, 0.3) is 0 Å². The Kier molecular flexibility index (Phi) is 3.35. The van der Waals surface area contributed by atoms with Crippen molar-refractivity contribution in [2.75, 3.05) is 6.61 Å². The van der Waals surface area contributed by atoms with Crippen LogP contribution in [0.2, 0.25) is 0 Å². The number of aryl methyl sites for hydroxylation is 1. The van der Waals surface area contributed by atoms with Crippen molar-refractivity contribution in [1.82, 2.24) is 9.78 Å². The molecule has 0 radical (unpaired) electrons. The molecule has 1 aromatic heterocycles. The van der Waals surface area contributed by atoms with Gasteiger partial charge in [0, 0.05) is 23.9 Å². The molecule has 6 nitrogen and oxygen atoms in total. The van der Waals surface area contributed by atoms with Gasteiger partial charge >= 0.3 is 5.97 Å². The van der Waals surface area contributed by atoms with Crippen molar-refractivity contribution < 1.29 is 17.9 Å². The van der Waals surface area contributed by atoms with E-state index in [1.165, 1.54) is 17.9 Å². The third-order valence-corrected chi connectivity index (χ3v) is 2.72. The lowest BCUT2D eigenvalue weighted by atomic mass is 10.4. The molecule has 1 rings (SSSR count). The zero-order chi connectivity index (χ0) is 11.6. The molecule has 15 heavy (non-hydrogen) atoms. The number of hydrogen-bond donors (Lipinski definition) is 0. The summed E-state index contributed by atoms with van der Waals surface area (Å²) in [5.41, 5.74) is -0.158. The van der Waals surface area contributed by atoms with E-state index in [-0.39, 0.29) is 12.2 Å². The van der Waals surface area contributed by atoms with Crippen molar-refractivity contribution in [3.63, 3.8) is 0 Å². The average molecular weight is 253 g/mol. The summed E-state index contributed by atoms with van der Waals surface area (Å²) >= 11 is 0. The highest BCUT2D eigenvalue weighted by Crippen LogP contribution is 2.18. The van der Waals surface area contributed by atoms with E-state index in [0.29, 0.717) is 0 Å². The van der Waals surface area contributed by atoms with Crippen molar-refractivity contribution in [3.8, 4) is 0 Å². The van der Waals surface area contributed by atoms with E-state index in [2.05, 4.69) is 9.84 Å². The van der Waals surface area contributed by atoms with E-state index < -0.39 is 20.0 Å². The monoisotopic (exact) mass is 252 g/mol. The summed E-state index contributed by atoms with van der Waals surface area (Å²) < 4.78 is 28.0. The van der Waals surface area contributed by atoms with Crippen molar-refractivity contribution in [2.24, 2.45) is 7.05 Å². The van der Waals surface area contributed by atoms with Gasteiger partial charge in [0.25, 0.3) is 9.05 Å². The fraction of sp³-hybridized carbons (Fsp3) is 0.429. The molecule has 0 N–H and O–H groups in total. The van der Waals surface area contributed by atoms with Gasteiger partial charge in [-0.05, 0) is 6.92 Å². The Morgan fingerprint density at radius 2 is 2.27 bits per heavy atom. The molecule has 0 aromatic carbocycles. The van der Waals surface area contributed by atoms with E-state index in [9.17, 15) is 13.2 Å². The summed E-state index contributed by atoms with van der Waals surface area (Å²) in [7, 11) is 2.55. The highest BCUT2D eigenvalue weighted by Gasteiger charge is 2.25. The largest absolute Gasteiger partial charge is 0.462 e. The number of carbonyl (C=O) groups is 1. The van der Waals surface area contributed by atoms with Crippen LogP contribution in [0.1, 0.15) is 17.3 Å². The Labute approximate surface area is 91.2 Å². The maximum atomic E-state index is 11.3. The van der Waals surface area contributed by atoms with E-state index in [1.54, 1.807) is 6.92 Å². The fourth-order valence-corrected chi connectivity index (χ4v) is 1.96. The molecule has 0 amide bonds. The minimum atomic E-state index is -4.04. The van der Waals surface area contributed by atoms with E-state index in [1.807, 2.05) is 0 Å². The molecule has 0 spiro atoms. The van der Waals surface area contributed by atoms with Crippen LogP contribution < -0.4 is 0 Å². The number of carbonyl (C=O) groups excluding carboxylic acids is 1. The Hall–Kier alpha value is -1.08. The SMILES string of the molecule is CCOC(=O)c1cn(C)nc1S(=O)(=O)Cl. The maximum absolute atomic E-state index is 11.3. The molecule has 0 aliphatic heterocycles. The summed E-state index contributed by atoms with van der Waals surface area (Å²) in [4.78, 5) is 11.3. The zero-order valence-corrected chi connectivity index (χ0v) is 9.67. The highest BCUT2D eigenvalue weighted by atomic mass is 35.7. The predicted octanol–water partition coefficient (Wildman–Crippen LogP) is 0.524. The van der Waals surface area contributed by atoms with Gasteiger partial charge < -0.3 is 4.74 Å². The van der Waals surface area contributed by atoms with E-state index in [4.69, 9.17) is 10.7 Å². The number of halogens is 1. The zero-order valence-electron chi connectivity index (χ0n) is 8.10. The van der Waals surface area contributed by atoms with Gasteiger partial charge in [-0.25, -0.2) is 13.2 Å². The standard InChI is InChI=1S/C7H9ClN2O4S/c1-3-14-7(11)5-4-10(2)9-6(5)15(8,12)13/h4H,3H2,1-2H3. The highest BCUT2D eigenvalue weighted by molar-refractivity contribution is 8.13. The molecule has 1 aromatic rings. The second-order valence-electron chi connectivity index (χ2n) is 2.68. The molecule has 8 heteroatoms. The predicted molar refractivity (Wildman–Crippen MR) is 52.2 cm³/mol. The van der Waals surface area contributed by atoms with Crippen LogP contribution in [0.4, 0.5) is 0 Å². The van der Waals surface area contributed by atoms with Gasteiger partial charge in [0.15, 0.2) is 0 Å². The lowest BCUT2D eigenvalue weighted by Crippen LogP contribution is -2.07. The quantitative estimate of drug-likeness (QED) is 0.579. The van der Waals surface area contributed by atoms with Crippen LogP contribution in [-0.2, 0) is 20.8 Å². The van der Waals surface area contributed by atoms with Gasteiger partial charge in [-0.3, -0.25) is 4.68 Å². The van der Waals surface area contributed by atoms with Gasteiger partial charge in [-0.15, -0.1) is 0 Å². The molecule has 0 unspecified atom stereocenters. The van der Waals surface area contributed by atoms with Crippen LogP contribution in [-0.4, -0.2) is 30.8 Å². The van der Waals surface area contributed by atoms with E-state index >= 15 is 0 Å². The van der Waals surface area contributed by atoms with Crippen LogP contribution in [0.3, 0.4) is 0 Å². The maximum Gasteiger partial charge on any atom is 0.342 e. The Morgan fingerprint density at radius 1 is 1.67 bits per heavy atom. The number of esters is 1. The first-order valence-electron chi connectivity index (χ1n) is 4.01. The van der Waals surface area contributed by atoms with Crippen molar-refractivity contribution in [2.45, 2.75) is 11.9 Å². The van der Waals surface area contributed by atoms with Gasteiger partial charge in [0.1, 0.15) is 5.56 Å². The summed E-state index contributed by atoms with van der Waals surface area (Å²) in [6, 6.07) is 0. The molecular weight excluding hydrogens is 244 g/mol. The fourth-order valence-electron chi connectivity index (χ4n) is 0.997. The third-order valence-electron chi connectivity index (χ3n) is 1.52. The Bertz CT molecular complexity index is 479. The molecule has 0 saturated heterocycles. The molecule has 0 fully saturated rings. The van der Waals surface area contributed by atoms with Crippen LogP contribution in [0, 0.1) is 0 Å². The van der Waals surface area contributed by atoms with Crippen molar-refractivity contribution in [3.05, 3.63) is 11.8 Å². The third kappa shape index (κ3) is 2.69. The second-order valence-corrected chi connectivity index (χ2v) is 5.16. The van der Waals surface area contributed by atoms with Crippen LogP contribution >= 0.6 is 10.7 Å². The minimum absolute atomic E-state index is 0.148. The topological polar surface area (TPSA) is 78.3 Å². The molecule has 0 atom stereocenters. The summed E-state index contributed by atoms with van der Waals surface area (Å²) in [5, 5.41) is 3.10. The average Bonchev–Trinajstić information content (AvgIpc) is 2.47. The van der Waals surface area contributed by atoms with Gasteiger partial charge in [-0.1, -0.05) is 0 Å². The lowest BCUT2D eigenvalue weighted by molar-refractivity contribution is 0.0522. The van der Waals surface area contributed by atoms with Crippen LogP contribution in [0.5, 0.6) is 0 Å². The van der Waals surface area contributed by atoms with Crippen molar-refractivity contribution >= 4 is 25.7 Å². The number of hydrogen-bond acceptors (Lipinski definition) is 5. The van der Waals surface area contributed by atoms with E-state index in [0.717, 1.165) is 0 Å². The van der Waals surface area contributed by atoms with Gasteiger partial charge in [0.2, 0.25) is 5.03 Å². The smallest absolute Gasteiger partial charge is 0.342 e. The number of ether oxygens (including phenoxy) is 1. The van der Waals surface area contributed by atoms with Gasteiger partial charge in [-0.2, -0.15) is 5.10 Å². The van der Waals surface area contributed by atoms with Crippen molar-refractivity contribution in [1.29, 1.82) is 0 Å². The first-order valence-corrected chi connectivity index (χ1v) is 6.32. The molecule has 84 valence electrons. The number of nitrogens with zero attached hydrogens (tertiary/aromatic N) is 2. The molecule has 0 bridgehead atoms. The second kappa shape index (κ2) is 4.19. The number of rotatable bonds is 3. The molecule has 1 heterocycles. The number of aromatic nitrogens is 2. The Balaban J connectivity index is 3.24. The first-order chi connectivity index (χ1) is 6.86. The Morgan fingerprint density at radius 3 is 2.73 bits per heavy atom. The minimum Gasteiger partial charge on any atom is -0.462 e. The first kappa shape index (κ1) is 12.0. The molecule has 0 aliphatic rings. The lowest BCUT2D eigenvalue weighted by Gasteiger charge is -1.98. The molecular formula is C7H9ClN2O4S. The van der Waals surface area contributed by atoms with Gasteiger partial charge in [0.05, 0.1) is 6.61 Å². The molecule has 0 saturated carbocycles. The normalized spacial score (nSPS) is 11.4. The summed E-state index contributed by atoms with van der Waals surface area (Å²) in [6.07, 6.45) is 1.24. The van der Waals surface area contributed by atoms with Crippen LogP contribution in [0.15, 0.2) is 11.2 Å².